The molecule has 0 radical (unpaired) electrons. The molecule has 4 N–H and O–H groups in total. The van der Waals surface area contributed by atoms with Gasteiger partial charge in [-0.05, 0) is 37.1 Å². The van der Waals surface area contributed by atoms with E-state index in [4.69, 9.17) is 0 Å². The SMILES string of the molecule is Cc1ccccc1NC(=O)NC1C(NC(=O)Nc2ccccc2C)N(C)C(=O)N1C. The van der Waals surface area contributed by atoms with E-state index >= 15 is 0 Å². The molecule has 1 saturated heterocycles. The van der Waals surface area contributed by atoms with Crippen LogP contribution < -0.4 is 21.3 Å². The summed E-state index contributed by atoms with van der Waals surface area (Å²) in [6.45, 7) is 3.77. The minimum Gasteiger partial charge on any atom is -0.314 e. The topological polar surface area (TPSA) is 106 Å². The van der Waals surface area contributed by atoms with Gasteiger partial charge in [0.05, 0.1) is 0 Å². The van der Waals surface area contributed by atoms with Gasteiger partial charge in [0.25, 0.3) is 0 Å². The zero-order chi connectivity index (χ0) is 21.8. The number of carbonyl (C=O) groups excluding carboxylic acids is 3. The summed E-state index contributed by atoms with van der Waals surface area (Å²) in [5.74, 6) is 0. The minimum absolute atomic E-state index is 0.322. The summed E-state index contributed by atoms with van der Waals surface area (Å²) >= 11 is 0. The number of hydrogen-bond donors (Lipinski definition) is 4. The molecule has 1 aliphatic rings. The molecule has 1 aliphatic heterocycles. The maximum Gasteiger partial charge on any atom is 0.323 e. The molecule has 1 fully saturated rings. The highest BCUT2D eigenvalue weighted by Gasteiger charge is 2.43. The summed E-state index contributed by atoms with van der Waals surface area (Å²) in [5, 5.41) is 11.1. The van der Waals surface area contributed by atoms with E-state index in [2.05, 4.69) is 21.3 Å². The number of rotatable bonds is 4. The zero-order valence-electron chi connectivity index (χ0n) is 17.4. The number of para-hydroxylation sites is 2. The van der Waals surface area contributed by atoms with Gasteiger partial charge in [-0.2, -0.15) is 0 Å². The van der Waals surface area contributed by atoms with E-state index < -0.39 is 24.4 Å². The Bertz CT molecular complexity index is 888. The summed E-state index contributed by atoms with van der Waals surface area (Å²) in [5.41, 5.74) is 3.15. The molecule has 9 nitrogen and oxygen atoms in total. The Kier molecular flexibility index (Phi) is 6.10. The second-order valence-corrected chi connectivity index (χ2v) is 7.22. The predicted octanol–water partition coefficient (Wildman–Crippen LogP) is 2.90. The van der Waals surface area contributed by atoms with Crippen LogP contribution in [0.5, 0.6) is 0 Å². The van der Waals surface area contributed by atoms with Gasteiger partial charge in [-0.15, -0.1) is 0 Å². The van der Waals surface area contributed by atoms with Gasteiger partial charge >= 0.3 is 18.1 Å². The van der Waals surface area contributed by atoms with Crippen LogP contribution in [0.15, 0.2) is 48.5 Å². The van der Waals surface area contributed by atoms with E-state index in [1.54, 1.807) is 26.2 Å². The van der Waals surface area contributed by atoms with Gasteiger partial charge in [-0.1, -0.05) is 36.4 Å². The number of urea groups is 3. The largest absolute Gasteiger partial charge is 0.323 e. The minimum atomic E-state index is -0.755. The molecule has 6 amide bonds. The molecule has 0 spiro atoms. The first-order chi connectivity index (χ1) is 14.3. The fraction of sp³-hybridized carbons (Fsp3) is 0.286. The van der Waals surface area contributed by atoms with Gasteiger partial charge in [-0.3, -0.25) is 0 Å². The monoisotopic (exact) mass is 410 g/mol. The van der Waals surface area contributed by atoms with Gasteiger partial charge in [0.1, 0.15) is 12.3 Å². The molecule has 9 heteroatoms. The first-order valence-electron chi connectivity index (χ1n) is 9.54. The van der Waals surface area contributed by atoms with E-state index in [1.807, 2.05) is 50.2 Å². The Morgan fingerprint density at radius 2 is 1.10 bits per heavy atom. The summed E-state index contributed by atoms with van der Waals surface area (Å²) in [4.78, 5) is 40.2. The third-order valence-corrected chi connectivity index (χ3v) is 5.08. The highest BCUT2D eigenvalue weighted by Crippen LogP contribution is 2.18. The van der Waals surface area contributed by atoms with Crippen molar-refractivity contribution in [2.75, 3.05) is 24.7 Å². The Morgan fingerprint density at radius 1 is 0.733 bits per heavy atom. The van der Waals surface area contributed by atoms with Crippen molar-refractivity contribution in [1.29, 1.82) is 0 Å². The van der Waals surface area contributed by atoms with Crippen LogP contribution in [0, 0.1) is 13.8 Å². The first kappa shape index (κ1) is 21.0. The molecule has 0 aliphatic carbocycles. The Balaban J connectivity index is 1.69. The van der Waals surface area contributed by atoms with Crippen molar-refractivity contribution in [3.63, 3.8) is 0 Å². The average Bonchev–Trinajstić information content (AvgIpc) is 2.90. The standard InChI is InChI=1S/C21H26N6O3/c1-13-9-5-7-11-15(13)22-19(28)24-17-18(27(4)21(30)26(17)3)25-20(29)23-16-12-8-6-10-14(16)2/h5-12,17-18H,1-4H3,(H2,22,24,28)(H2,23,25,29). The van der Waals surface area contributed by atoms with E-state index in [0.717, 1.165) is 11.1 Å². The van der Waals surface area contributed by atoms with Gasteiger partial charge < -0.3 is 31.1 Å². The smallest absolute Gasteiger partial charge is 0.314 e. The maximum atomic E-state index is 12.5. The number of carbonyl (C=O) groups is 3. The number of nitrogens with zero attached hydrogens (tertiary/aromatic N) is 2. The molecule has 0 saturated carbocycles. The van der Waals surface area contributed by atoms with Gasteiger partial charge in [0.15, 0.2) is 0 Å². The quantitative estimate of drug-likeness (QED) is 0.623. The van der Waals surface area contributed by atoms with Crippen molar-refractivity contribution in [2.45, 2.75) is 26.2 Å². The molecule has 158 valence electrons. The lowest BCUT2D eigenvalue weighted by molar-refractivity contribution is 0.197. The Labute approximate surface area is 175 Å². The zero-order valence-corrected chi connectivity index (χ0v) is 17.4. The number of anilines is 2. The molecule has 3 rings (SSSR count). The van der Waals surface area contributed by atoms with Crippen LogP contribution in [0.1, 0.15) is 11.1 Å². The van der Waals surface area contributed by atoms with Crippen molar-refractivity contribution in [3.8, 4) is 0 Å². The third-order valence-electron chi connectivity index (χ3n) is 5.08. The summed E-state index contributed by atoms with van der Waals surface area (Å²) in [7, 11) is 3.14. The fourth-order valence-electron chi connectivity index (χ4n) is 3.27. The van der Waals surface area contributed by atoms with Crippen LogP contribution in [0.4, 0.5) is 25.8 Å². The van der Waals surface area contributed by atoms with Crippen molar-refractivity contribution in [2.24, 2.45) is 0 Å². The summed E-state index contributed by atoms with van der Waals surface area (Å²) in [6, 6.07) is 13.5. The van der Waals surface area contributed by atoms with E-state index in [0.29, 0.717) is 11.4 Å². The molecule has 2 aromatic carbocycles. The Morgan fingerprint density at radius 3 is 1.47 bits per heavy atom. The molecule has 2 aromatic rings. The fourth-order valence-corrected chi connectivity index (χ4v) is 3.27. The van der Waals surface area contributed by atoms with Crippen LogP contribution in [-0.4, -0.2) is 54.3 Å². The van der Waals surface area contributed by atoms with Crippen molar-refractivity contribution in [1.82, 2.24) is 20.4 Å². The molecule has 0 aromatic heterocycles. The number of amides is 6. The van der Waals surface area contributed by atoms with Gasteiger partial charge in [0.2, 0.25) is 0 Å². The number of benzene rings is 2. The highest BCUT2D eigenvalue weighted by molar-refractivity contribution is 5.92. The van der Waals surface area contributed by atoms with E-state index in [9.17, 15) is 14.4 Å². The van der Waals surface area contributed by atoms with Crippen LogP contribution >= 0.6 is 0 Å². The lowest BCUT2D eigenvalue weighted by atomic mass is 10.2. The van der Waals surface area contributed by atoms with E-state index in [-0.39, 0.29) is 6.03 Å². The average molecular weight is 410 g/mol. The maximum absolute atomic E-state index is 12.5. The van der Waals surface area contributed by atoms with Crippen LogP contribution in [0.2, 0.25) is 0 Å². The van der Waals surface area contributed by atoms with E-state index in [1.165, 1.54) is 9.80 Å². The van der Waals surface area contributed by atoms with Crippen molar-refractivity contribution < 1.29 is 14.4 Å². The normalized spacial score (nSPS) is 18.2. The summed E-state index contributed by atoms with van der Waals surface area (Å²) in [6.07, 6.45) is -1.51. The van der Waals surface area contributed by atoms with Crippen LogP contribution in [0.25, 0.3) is 0 Å². The van der Waals surface area contributed by atoms with Crippen LogP contribution in [0.3, 0.4) is 0 Å². The number of likely N-dealkylation sites (N-methyl/N-ethyl adjacent to an activating group) is 2. The molecule has 2 unspecified atom stereocenters. The molecule has 30 heavy (non-hydrogen) atoms. The Hall–Kier alpha value is -3.75. The third kappa shape index (κ3) is 4.45. The lowest BCUT2D eigenvalue weighted by Crippen LogP contribution is -2.57. The molecule has 1 heterocycles. The van der Waals surface area contributed by atoms with Crippen LogP contribution in [-0.2, 0) is 0 Å². The summed E-state index contributed by atoms with van der Waals surface area (Å²) < 4.78 is 0. The second-order valence-electron chi connectivity index (χ2n) is 7.22. The number of nitrogens with one attached hydrogen (secondary N) is 4. The molecular weight excluding hydrogens is 384 g/mol. The number of hydrogen-bond acceptors (Lipinski definition) is 3. The molecular formula is C21H26N6O3. The van der Waals surface area contributed by atoms with Crippen molar-refractivity contribution >= 4 is 29.5 Å². The first-order valence-corrected chi connectivity index (χ1v) is 9.54. The molecule has 2 atom stereocenters. The van der Waals surface area contributed by atoms with Gasteiger partial charge in [0, 0.05) is 25.5 Å². The molecule has 0 bridgehead atoms. The predicted molar refractivity (Wildman–Crippen MR) is 115 cm³/mol. The van der Waals surface area contributed by atoms with Crippen molar-refractivity contribution in [3.05, 3.63) is 59.7 Å². The lowest BCUT2D eigenvalue weighted by Gasteiger charge is -2.27. The highest BCUT2D eigenvalue weighted by atomic mass is 16.2. The number of aryl methyl sites for hydroxylation is 2. The van der Waals surface area contributed by atoms with Gasteiger partial charge in [-0.25, -0.2) is 14.4 Å². The second kappa shape index (κ2) is 8.73.